The van der Waals surface area contributed by atoms with E-state index in [-0.39, 0.29) is 12.7 Å². The third-order valence-corrected chi connectivity index (χ3v) is 3.04. The summed E-state index contributed by atoms with van der Waals surface area (Å²) in [6, 6.07) is 6.39. The molecule has 4 nitrogen and oxygen atoms in total. The first-order chi connectivity index (χ1) is 9.56. The second-order valence-electron chi connectivity index (χ2n) is 5.30. The number of hydrogen-bond acceptors (Lipinski definition) is 4. The van der Waals surface area contributed by atoms with Gasteiger partial charge in [0.25, 0.3) is 0 Å². The van der Waals surface area contributed by atoms with Crippen molar-refractivity contribution in [2.24, 2.45) is 0 Å². The highest BCUT2D eigenvalue weighted by Gasteiger charge is 2.08. The maximum atomic E-state index is 8.81. The molecule has 20 heavy (non-hydrogen) atoms. The van der Waals surface area contributed by atoms with Crippen LogP contribution in [0.4, 0.5) is 0 Å². The van der Waals surface area contributed by atoms with Gasteiger partial charge in [-0.15, -0.1) is 0 Å². The van der Waals surface area contributed by atoms with Gasteiger partial charge in [0.05, 0.1) is 13.2 Å². The molecule has 1 aromatic rings. The molecular formula is C16H27NO3. The second kappa shape index (κ2) is 8.82. The maximum absolute atomic E-state index is 8.81. The van der Waals surface area contributed by atoms with Crippen LogP contribution in [0.3, 0.4) is 0 Å². The van der Waals surface area contributed by atoms with Gasteiger partial charge in [0, 0.05) is 19.2 Å². The van der Waals surface area contributed by atoms with Crippen LogP contribution in [-0.2, 0) is 6.54 Å². The summed E-state index contributed by atoms with van der Waals surface area (Å²) in [5.74, 6) is 1.54. The zero-order chi connectivity index (χ0) is 15.0. The van der Waals surface area contributed by atoms with E-state index in [0.29, 0.717) is 6.04 Å². The number of aliphatic hydroxyl groups is 1. The predicted molar refractivity (Wildman–Crippen MR) is 81.4 cm³/mol. The van der Waals surface area contributed by atoms with Gasteiger partial charge in [-0.05, 0) is 51.3 Å². The lowest BCUT2D eigenvalue weighted by Crippen LogP contribution is -2.25. The van der Waals surface area contributed by atoms with Crippen LogP contribution in [-0.4, -0.2) is 31.0 Å². The van der Waals surface area contributed by atoms with Crippen molar-refractivity contribution in [2.75, 3.05) is 13.7 Å². The van der Waals surface area contributed by atoms with E-state index >= 15 is 0 Å². The van der Waals surface area contributed by atoms with Crippen LogP contribution in [0.25, 0.3) is 0 Å². The minimum absolute atomic E-state index is 0.131. The second-order valence-corrected chi connectivity index (χ2v) is 5.30. The molecule has 114 valence electrons. The van der Waals surface area contributed by atoms with Crippen LogP contribution >= 0.6 is 0 Å². The van der Waals surface area contributed by atoms with Crippen molar-refractivity contribution in [3.05, 3.63) is 23.8 Å². The third kappa shape index (κ3) is 5.80. The van der Waals surface area contributed by atoms with E-state index in [9.17, 15) is 0 Å². The van der Waals surface area contributed by atoms with E-state index in [1.807, 2.05) is 32.0 Å². The summed E-state index contributed by atoms with van der Waals surface area (Å²) in [5.41, 5.74) is 1.16. The summed E-state index contributed by atoms with van der Waals surface area (Å²) in [5, 5.41) is 12.3. The van der Waals surface area contributed by atoms with Crippen molar-refractivity contribution in [2.45, 2.75) is 52.3 Å². The molecule has 0 spiro atoms. The van der Waals surface area contributed by atoms with Gasteiger partial charge in [-0.2, -0.15) is 0 Å². The first kappa shape index (κ1) is 16.8. The number of ether oxygens (including phenoxy) is 2. The van der Waals surface area contributed by atoms with E-state index in [1.165, 1.54) is 0 Å². The van der Waals surface area contributed by atoms with Crippen molar-refractivity contribution < 1.29 is 14.6 Å². The Kier molecular flexibility index (Phi) is 7.41. The van der Waals surface area contributed by atoms with Crippen LogP contribution in [0.5, 0.6) is 11.5 Å². The number of nitrogens with one attached hydrogen (secondary N) is 1. The fourth-order valence-electron chi connectivity index (χ4n) is 1.96. The monoisotopic (exact) mass is 281 g/mol. The number of aliphatic hydroxyl groups excluding tert-OH is 1. The summed E-state index contributed by atoms with van der Waals surface area (Å²) < 4.78 is 11.1. The molecule has 0 saturated carbocycles. The van der Waals surface area contributed by atoms with Crippen molar-refractivity contribution >= 4 is 0 Å². The zero-order valence-electron chi connectivity index (χ0n) is 13.0. The summed E-state index contributed by atoms with van der Waals surface area (Å²) in [6.07, 6.45) is 1.94. The molecule has 0 fully saturated rings. The number of benzene rings is 1. The molecule has 2 N–H and O–H groups in total. The molecule has 0 heterocycles. The van der Waals surface area contributed by atoms with E-state index in [4.69, 9.17) is 14.6 Å². The van der Waals surface area contributed by atoms with E-state index in [0.717, 1.165) is 36.4 Å². The van der Waals surface area contributed by atoms with Gasteiger partial charge in [0.2, 0.25) is 0 Å². The lowest BCUT2D eigenvalue weighted by atomic mass is 10.1. The SMILES string of the molecule is COc1cc(CNC(C)CCCO)ccc1OC(C)C. The lowest BCUT2D eigenvalue weighted by Gasteiger charge is -2.16. The molecule has 4 heteroatoms. The third-order valence-electron chi connectivity index (χ3n) is 3.04. The van der Waals surface area contributed by atoms with Gasteiger partial charge >= 0.3 is 0 Å². The quantitative estimate of drug-likeness (QED) is 0.731. The van der Waals surface area contributed by atoms with Crippen LogP contribution in [0, 0.1) is 0 Å². The minimum Gasteiger partial charge on any atom is -0.493 e. The van der Waals surface area contributed by atoms with Gasteiger partial charge in [-0.25, -0.2) is 0 Å². The molecule has 0 bridgehead atoms. The smallest absolute Gasteiger partial charge is 0.161 e. The average molecular weight is 281 g/mol. The summed E-state index contributed by atoms with van der Waals surface area (Å²) in [4.78, 5) is 0. The Labute approximate surface area is 122 Å². The van der Waals surface area contributed by atoms with Crippen LogP contribution in [0.2, 0.25) is 0 Å². The summed E-state index contributed by atoms with van der Waals surface area (Å²) >= 11 is 0. The molecule has 1 rings (SSSR count). The lowest BCUT2D eigenvalue weighted by molar-refractivity contribution is 0.230. The molecule has 1 aromatic carbocycles. The fraction of sp³-hybridized carbons (Fsp3) is 0.625. The molecule has 0 aliphatic rings. The molecular weight excluding hydrogens is 254 g/mol. The first-order valence-electron chi connectivity index (χ1n) is 7.24. The van der Waals surface area contributed by atoms with Gasteiger partial charge in [0.1, 0.15) is 0 Å². The van der Waals surface area contributed by atoms with Crippen molar-refractivity contribution in [1.82, 2.24) is 5.32 Å². The van der Waals surface area contributed by atoms with E-state index < -0.39 is 0 Å². The minimum atomic E-state index is 0.131. The molecule has 0 aromatic heterocycles. The molecule has 1 unspecified atom stereocenters. The maximum Gasteiger partial charge on any atom is 0.161 e. The Morgan fingerprint density at radius 2 is 1.95 bits per heavy atom. The Balaban J connectivity index is 2.59. The highest BCUT2D eigenvalue weighted by atomic mass is 16.5. The molecule has 0 amide bonds. The predicted octanol–water partition coefficient (Wildman–Crippen LogP) is 2.73. The van der Waals surface area contributed by atoms with Gasteiger partial charge in [-0.3, -0.25) is 0 Å². The Bertz CT molecular complexity index is 393. The standard InChI is InChI=1S/C16H27NO3/c1-12(2)20-15-8-7-14(10-16(15)19-4)11-17-13(3)6-5-9-18/h7-8,10,12-13,17-18H,5-6,9,11H2,1-4H3. The van der Waals surface area contributed by atoms with Gasteiger partial charge < -0.3 is 19.9 Å². The van der Waals surface area contributed by atoms with Gasteiger partial charge in [0.15, 0.2) is 11.5 Å². The zero-order valence-corrected chi connectivity index (χ0v) is 13.0. The summed E-state index contributed by atoms with van der Waals surface area (Å²) in [6.45, 7) is 7.16. The van der Waals surface area contributed by atoms with Crippen LogP contribution in [0.1, 0.15) is 39.2 Å². The van der Waals surface area contributed by atoms with Gasteiger partial charge in [-0.1, -0.05) is 6.07 Å². The largest absolute Gasteiger partial charge is 0.493 e. The highest BCUT2D eigenvalue weighted by molar-refractivity contribution is 5.43. The topological polar surface area (TPSA) is 50.7 Å². The fourth-order valence-corrected chi connectivity index (χ4v) is 1.96. The Morgan fingerprint density at radius 3 is 2.55 bits per heavy atom. The molecule has 0 aliphatic heterocycles. The van der Waals surface area contributed by atoms with Crippen LogP contribution < -0.4 is 14.8 Å². The summed E-state index contributed by atoms with van der Waals surface area (Å²) in [7, 11) is 1.66. The first-order valence-corrected chi connectivity index (χ1v) is 7.24. The molecule has 1 atom stereocenters. The number of rotatable bonds is 9. The van der Waals surface area contributed by atoms with Crippen molar-refractivity contribution in [3.63, 3.8) is 0 Å². The number of methoxy groups -OCH3 is 1. The van der Waals surface area contributed by atoms with Crippen molar-refractivity contribution in [3.8, 4) is 11.5 Å². The molecule has 0 radical (unpaired) electrons. The molecule has 0 aliphatic carbocycles. The van der Waals surface area contributed by atoms with E-state index in [1.54, 1.807) is 7.11 Å². The van der Waals surface area contributed by atoms with E-state index in [2.05, 4.69) is 12.2 Å². The molecule has 0 saturated heterocycles. The highest BCUT2D eigenvalue weighted by Crippen LogP contribution is 2.28. The average Bonchev–Trinajstić information content (AvgIpc) is 2.43. The normalized spacial score (nSPS) is 12.5. The van der Waals surface area contributed by atoms with Crippen LogP contribution in [0.15, 0.2) is 18.2 Å². The number of hydrogen-bond donors (Lipinski definition) is 2. The Morgan fingerprint density at radius 1 is 1.20 bits per heavy atom. The Hall–Kier alpha value is -1.26. The van der Waals surface area contributed by atoms with Crippen molar-refractivity contribution in [1.29, 1.82) is 0 Å².